The van der Waals surface area contributed by atoms with E-state index in [0.717, 1.165) is 43.0 Å². The molecule has 2 aliphatic heterocycles. The van der Waals surface area contributed by atoms with Gasteiger partial charge in [-0.1, -0.05) is 6.07 Å². The zero-order chi connectivity index (χ0) is 19.3. The highest BCUT2D eigenvalue weighted by atomic mass is 16.7. The quantitative estimate of drug-likeness (QED) is 0.591. The fraction of sp³-hybridized carbons (Fsp3) is 0.421. The van der Waals surface area contributed by atoms with Gasteiger partial charge in [0.15, 0.2) is 11.5 Å². The fourth-order valence-electron chi connectivity index (χ4n) is 3.32. The maximum Gasteiger partial charge on any atom is 0.231 e. The number of benzene rings is 1. The third-order valence-corrected chi connectivity index (χ3v) is 4.74. The van der Waals surface area contributed by atoms with Crippen molar-refractivity contribution >= 4 is 23.5 Å². The summed E-state index contributed by atoms with van der Waals surface area (Å²) in [6, 6.07) is 7.64. The molecule has 1 amide bonds. The Morgan fingerprint density at radius 2 is 1.93 bits per heavy atom. The number of rotatable bonds is 8. The van der Waals surface area contributed by atoms with E-state index in [1.807, 2.05) is 29.2 Å². The minimum absolute atomic E-state index is 0.202. The van der Waals surface area contributed by atoms with Gasteiger partial charge in [0.25, 0.3) is 0 Å². The van der Waals surface area contributed by atoms with E-state index in [1.54, 1.807) is 0 Å². The van der Waals surface area contributed by atoms with Gasteiger partial charge in [0, 0.05) is 38.7 Å². The second-order valence-corrected chi connectivity index (χ2v) is 6.80. The standard InChI is InChI=1S/C19H24N6O3/c20-19-23-16(21-6-2-8-25-7-1-3-18(25)26)10-17(24-19)22-11-13-4-5-14-15(9-13)28-12-27-14/h4-5,9-10H,1-3,6-8,11-12H2,(H4,20,21,22,23,24). The molecule has 0 bridgehead atoms. The summed E-state index contributed by atoms with van der Waals surface area (Å²) in [6.45, 7) is 3.18. The van der Waals surface area contributed by atoms with Crippen LogP contribution in [0.1, 0.15) is 24.8 Å². The highest BCUT2D eigenvalue weighted by Crippen LogP contribution is 2.32. The van der Waals surface area contributed by atoms with E-state index in [2.05, 4.69) is 20.6 Å². The number of nitrogens with zero attached hydrogens (tertiary/aromatic N) is 3. The number of fused-ring (bicyclic) bond motifs is 1. The van der Waals surface area contributed by atoms with Gasteiger partial charge in [-0.3, -0.25) is 4.79 Å². The molecule has 1 fully saturated rings. The average Bonchev–Trinajstić information content (AvgIpc) is 3.31. The minimum Gasteiger partial charge on any atom is -0.454 e. The normalized spacial score (nSPS) is 15.1. The maximum atomic E-state index is 11.6. The summed E-state index contributed by atoms with van der Waals surface area (Å²) in [7, 11) is 0. The Morgan fingerprint density at radius 1 is 1.11 bits per heavy atom. The molecule has 0 unspecified atom stereocenters. The number of aromatic nitrogens is 2. The van der Waals surface area contributed by atoms with Crippen LogP contribution in [0.5, 0.6) is 11.5 Å². The highest BCUT2D eigenvalue weighted by Gasteiger charge is 2.19. The molecular formula is C19H24N6O3. The van der Waals surface area contributed by atoms with Gasteiger partial charge in [0.1, 0.15) is 11.6 Å². The van der Waals surface area contributed by atoms with Gasteiger partial charge in [0.2, 0.25) is 18.6 Å². The van der Waals surface area contributed by atoms with Crippen molar-refractivity contribution in [1.82, 2.24) is 14.9 Å². The Hall–Kier alpha value is -3.23. The third kappa shape index (κ3) is 4.36. The minimum atomic E-state index is 0.202. The summed E-state index contributed by atoms with van der Waals surface area (Å²) in [6.07, 6.45) is 2.50. The van der Waals surface area contributed by atoms with E-state index >= 15 is 0 Å². The molecule has 9 heteroatoms. The second kappa shape index (κ2) is 8.20. The Labute approximate surface area is 163 Å². The van der Waals surface area contributed by atoms with Crippen LogP contribution >= 0.6 is 0 Å². The molecule has 9 nitrogen and oxygen atoms in total. The van der Waals surface area contributed by atoms with Crippen LogP contribution in [0.15, 0.2) is 24.3 Å². The van der Waals surface area contributed by atoms with Crippen molar-refractivity contribution in [2.24, 2.45) is 0 Å². The van der Waals surface area contributed by atoms with Crippen molar-refractivity contribution in [2.45, 2.75) is 25.8 Å². The molecular weight excluding hydrogens is 360 g/mol. The van der Waals surface area contributed by atoms with Crippen molar-refractivity contribution in [3.05, 3.63) is 29.8 Å². The third-order valence-electron chi connectivity index (χ3n) is 4.74. The molecule has 1 aromatic heterocycles. The molecule has 0 saturated carbocycles. The SMILES string of the molecule is Nc1nc(NCCCN2CCCC2=O)cc(NCc2ccc3c(c2)OCO3)n1. The predicted molar refractivity (Wildman–Crippen MR) is 105 cm³/mol. The smallest absolute Gasteiger partial charge is 0.231 e. The van der Waals surface area contributed by atoms with Crippen molar-refractivity contribution < 1.29 is 14.3 Å². The summed E-state index contributed by atoms with van der Waals surface area (Å²) in [5.74, 6) is 3.27. The summed E-state index contributed by atoms with van der Waals surface area (Å²) < 4.78 is 10.7. The number of nitrogens with one attached hydrogen (secondary N) is 2. The molecule has 28 heavy (non-hydrogen) atoms. The maximum absolute atomic E-state index is 11.6. The van der Waals surface area contributed by atoms with E-state index in [1.165, 1.54) is 0 Å². The number of amides is 1. The zero-order valence-corrected chi connectivity index (χ0v) is 15.6. The van der Waals surface area contributed by atoms with Crippen molar-refractivity contribution in [2.75, 3.05) is 42.8 Å². The van der Waals surface area contributed by atoms with E-state index in [4.69, 9.17) is 15.2 Å². The van der Waals surface area contributed by atoms with Crippen molar-refractivity contribution in [3.8, 4) is 11.5 Å². The largest absolute Gasteiger partial charge is 0.454 e. The molecule has 0 radical (unpaired) electrons. The van der Waals surface area contributed by atoms with Crippen LogP contribution in [0.2, 0.25) is 0 Å². The number of likely N-dealkylation sites (tertiary alicyclic amines) is 1. The zero-order valence-electron chi connectivity index (χ0n) is 15.6. The van der Waals surface area contributed by atoms with Gasteiger partial charge in [0.05, 0.1) is 0 Å². The highest BCUT2D eigenvalue weighted by molar-refractivity contribution is 5.78. The van der Waals surface area contributed by atoms with Gasteiger partial charge in [-0.2, -0.15) is 9.97 Å². The van der Waals surface area contributed by atoms with Crippen LogP contribution in [-0.4, -0.2) is 47.2 Å². The van der Waals surface area contributed by atoms with E-state index < -0.39 is 0 Å². The summed E-state index contributed by atoms with van der Waals surface area (Å²) in [5, 5.41) is 6.51. The Kier molecular flexibility index (Phi) is 5.31. The number of carbonyl (C=O) groups is 1. The lowest BCUT2D eigenvalue weighted by atomic mass is 10.2. The molecule has 2 aromatic rings. The van der Waals surface area contributed by atoms with Gasteiger partial charge in [-0.05, 0) is 30.5 Å². The number of anilines is 3. The molecule has 2 aliphatic rings. The molecule has 4 N–H and O–H groups in total. The van der Waals surface area contributed by atoms with E-state index in [-0.39, 0.29) is 18.6 Å². The van der Waals surface area contributed by atoms with Gasteiger partial charge < -0.3 is 30.7 Å². The summed E-state index contributed by atoms with van der Waals surface area (Å²) in [4.78, 5) is 22.0. The first-order chi connectivity index (χ1) is 13.7. The van der Waals surface area contributed by atoms with E-state index in [9.17, 15) is 4.79 Å². The van der Waals surface area contributed by atoms with Gasteiger partial charge in [-0.15, -0.1) is 0 Å². The second-order valence-electron chi connectivity index (χ2n) is 6.80. The molecule has 0 aliphatic carbocycles. The van der Waals surface area contributed by atoms with Crippen LogP contribution in [-0.2, 0) is 11.3 Å². The predicted octanol–water partition coefficient (Wildman–Crippen LogP) is 1.82. The summed E-state index contributed by atoms with van der Waals surface area (Å²) in [5.41, 5.74) is 6.88. The first kappa shape index (κ1) is 18.1. The Morgan fingerprint density at radius 3 is 2.75 bits per heavy atom. The number of carbonyl (C=O) groups excluding carboxylic acids is 1. The number of nitrogens with two attached hydrogens (primary N) is 1. The number of hydrogen-bond acceptors (Lipinski definition) is 8. The number of nitrogen functional groups attached to an aromatic ring is 1. The topological polar surface area (TPSA) is 115 Å². The fourth-order valence-corrected chi connectivity index (χ4v) is 3.32. The Bertz CT molecular complexity index is 860. The summed E-state index contributed by atoms with van der Waals surface area (Å²) >= 11 is 0. The average molecular weight is 384 g/mol. The lowest BCUT2D eigenvalue weighted by Gasteiger charge is -2.15. The van der Waals surface area contributed by atoms with Crippen molar-refractivity contribution in [1.29, 1.82) is 0 Å². The molecule has 3 heterocycles. The van der Waals surface area contributed by atoms with Crippen LogP contribution in [0.4, 0.5) is 17.6 Å². The van der Waals surface area contributed by atoms with E-state index in [0.29, 0.717) is 31.1 Å². The molecule has 1 saturated heterocycles. The lowest BCUT2D eigenvalue weighted by Crippen LogP contribution is -2.27. The number of ether oxygens (including phenoxy) is 2. The van der Waals surface area contributed by atoms with Crippen molar-refractivity contribution in [3.63, 3.8) is 0 Å². The van der Waals surface area contributed by atoms with Crippen LogP contribution in [0.25, 0.3) is 0 Å². The molecule has 0 atom stereocenters. The van der Waals surface area contributed by atoms with Gasteiger partial charge >= 0.3 is 0 Å². The van der Waals surface area contributed by atoms with Crippen LogP contribution in [0.3, 0.4) is 0 Å². The lowest BCUT2D eigenvalue weighted by molar-refractivity contribution is -0.127. The molecule has 0 spiro atoms. The van der Waals surface area contributed by atoms with Crippen LogP contribution < -0.4 is 25.8 Å². The molecule has 1 aromatic carbocycles. The first-order valence-electron chi connectivity index (χ1n) is 9.46. The number of hydrogen-bond donors (Lipinski definition) is 3. The molecule has 4 rings (SSSR count). The van der Waals surface area contributed by atoms with Gasteiger partial charge in [-0.25, -0.2) is 0 Å². The molecule has 148 valence electrons. The first-order valence-corrected chi connectivity index (χ1v) is 9.46. The van der Waals surface area contributed by atoms with Crippen LogP contribution in [0, 0.1) is 0 Å². The monoisotopic (exact) mass is 384 g/mol. The Balaban J connectivity index is 1.28.